The fourth-order valence-corrected chi connectivity index (χ4v) is 3.32. The molecular weight excluding hydrogens is 500 g/mol. The van der Waals surface area contributed by atoms with Crippen LogP contribution in [-0.2, 0) is 32.4 Å². The summed E-state index contributed by atoms with van der Waals surface area (Å²) >= 11 is 0. The van der Waals surface area contributed by atoms with E-state index in [9.17, 15) is 29.4 Å². The number of aromatic nitrogens is 1. The van der Waals surface area contributed by atoms with E-state index in [4.69, 9.17) is 4.42 Å². The van der Waals surface area contributed by atoms with Gasteiger partial charge in [0.1, 0.15) is 11.6 Å². The molecule has 33 heavy (non-hydrogen) atoms. The molecule has 0 spiro atoms. The summed E-state index contributed by atoms with van der Waals surface area (Å²) in [5.41, 5.74) is -0.805. The van der Waals surface area contributed by atoms with Gasteiger partial charge in [0.25, 0.3) is 0 Å². The summed E-state index contributed by atoms with van der Waals surface area (Å²) in [6, 6.07) is 3.06. The zero-order chi connectivity index (χ0) is 19.9. The normalized spacial score (nSPS) is 9.15. The van der Waals surface area contributed by atoms with Crippen LogP contribution in [0.2, 0.25) is 0 Å². The Labute approximate surface area is 198 Å². The first kappa shape index (κ1) is 37.3. The van der Waals surface area contributed by atoms with Crippen LogP contribution in [0, 0.1) is 0 Å². The largest absolute Gasteiger partial charge is 2.00 e. The van der Waals surface area contributed by atoms with E-state index in [1.54, 1.807) is 6.92 Å². The molecule has 3 rings (SSSR count). The quantitative estimate of drug-likeness (QED) is 0.233. The van der Waals surface area contributed by atoms with Crippen LogP contribution in [0.25, 0.3) is 21.9 Å². The van der Waals surface area contributed by atoms with Gasteiger partial charge >= 0.3 is 19.5 Å². The summed E-state index contributed by atoms with van der Waals surface area (Å²) in [5, 5.41) is 22.9. The van der Waals surface area contributed by atoms with Crippen LogP contribution >= 0.6 is 0 Å². The minimum Gasteiger partial charge on any atom is -0.543 e. The molecule has 0 bridgehead atoms. The first-order valence-corrected chi connectivity index (χ1v) is 8.40. The molecule has 0 amide bonds. The van der Waals surface area contributed by atoms with Crippen molar-refractivity contribution in [3.05, 3.63) is 55.7 Å². The average molecular weight is 525 g/mol. The average Bonchev–Trinajstić information content (AvgIpc) is 2.62. The third-order valence-corrected chi connectivity index (χ3v) is 4.41. The second-order valence-electron chi connectivity index (χ2n) is 6.07. The number of carbonyl (C=O) groups is 2. The van der Waals surface area contributed by atoms with Crippen LogP contribution in [0.4, 0.5) is 0 Å². The fraction of sp³-hybridized carbons (Fsp3) is 0.263. The van der Waals surface area contributed by atoms with Crippen molar-refractivity contribution in [3.8, 4) is 0 Å². The molecule has 13 nitrogen and oxygen atoms in total. The van der Waals surface area contributed by atoms with E-state index >= 15 is 0 Å². The van der Waals surface area contributed by atoms with Crippen LogP contribution in [0.5, 0.6) is 0 Å². The molecule has 180 valence electrons. The molecule has 0 atom stereocenters. The van der Waals surface area contributed by atoms with Crippen LogP contribution in [0.15, 0.2) is 32.2 Å². The van der Waals surface area contributed by atoms with Crippen molar-refractivity contribution in [2.45, 2.75) is 33.2 Å². The topological polar surface area (TPSA) is 290 Å². The van der Waals surface area contributed by atoms with E-state index in [0.717, 1.165) is 12.1 Å². The van der Waals surface area contributed by atoms with Gasteiger partial charge in [0.15, 0.2) is 16.6 Å². The van der Waals surface area contributed by atoms with Gasteiger partial charge in [0, 0.05) is 29.6 Å². The number of hydrogen-bond donors (Lipinski definition) is 0. The molecular formula is C19H25NO12Zn. The molecule has 0 saturated heterocycles. The van der Waals surface area contributed by atoms with E-state index in [1.165, 1.54) is 10.6 Å². The first-order valence-electron chi connectivity index (χ1n) is 8.40. The number of aryl methyl sites for hydroxylation is 2. The van der Waals surface area contributed by atoms with E-state index in [0.29, 0.717) is 18.4 Å². The maximum Gasteiger partial charge on any atom is 2.00 e. The minimum absolute atomic E-state index is 0. The molecule has 0 fully saturated rings. The van der Waals surface area contributed by atoms with Crippen molar-refractivity contribution in [1.29, 1.82) is 0 Å². The monoisotopic (exact) mass is 523 g/mol. The Morgan fingerprint density at radius 1 is 0.879 bits per heavy atom. The van der Waals surface area contributed by atoms with Crippen LogP contribution in [-0.4, -0.2) is 43.9 Å². The van der Waals surface area contributed by atoms with Gasteiger partial charge in [-0.25, -0.2) is 0 Å². The minimum atomic E-state index is -1.65. The number of carboxylic acids is 2. The summed E-state index contributed by atoms with van der Waals surface area (Å²) in [6.07, 6.45) is 0.921. The molecule has 10 N–H and O–H groups in total. The Kier molecular flexibility index (Phi) is 16.1. The fourth-order valence-electron chi connectivity index (χ4n) is 3.32. The van der Waals surface area contributed by atoms with E-state index < -0.39 is 28.6 Å². The number of nitrogens with zero attached hydrogens (tertiary/aromatic N) is 1. The maximum absolute atomic E-state index is 12.5. The van der Waals surface area contributed by atoms with Gasteiger partial charge < -0.3 is 56.2 Å². The third kappa shape index (κ3) is 6.29. The van der Waals surface area contributed by atoms with Crippen molar-refractivity contribution >= 4 is 33.8 Å². The SMILES string of the molecule is CCCc1c2oc(C(=O)[O-])cc(=O)c2cc2c(=O)cc(C(=O)[O-])n(CC)c12.O.O.O.O.O.[Zn+2]. The molecule has 2 heterocycles. The Morgan fingerprint density at radius 3 is 1.88 bits per heavy atom. The number of rotatable bonds is 5. The predicted octanol–water partition coefficient (Wildman–Crippen LogP) is -4.32. The maximum atomic E-state index is 12.5. The third-order valence-electron chi connectivity index (χ3n) is 4.41. The van der Waals surface area contributed by atoms with Gasteiger partial charge in [-0.3, -0.25) is 9.59 Å². The van der Waals surface area contributed by atoms with E-state index in [-0.39, 0.29) is 81.0 Å². The number of pyridine rings is 1. The predicted molar refractivity (Wildman–Crippen MR) is 111 cm³/mol. The Balaban J connectivity index is -0.000000701. The van der Waals surface area contributed by atoms with Crippen molar-refractivity contribution in [3.63, 3.8) is 0 Å². The standard InChI is InChI=1S/C19H17NO7.5H2O.Zn/c1-3-5-9-16-10(13(21)7-12(18(23)24)20(16)4-2)6-11-14(22)8-15(19(25)26)27-17(9)11;;;;;;/h6-8H,3-5H2,1-2H3,(H,23,24)(H,25,26);5*1H2;/q;;;;;;+2/p-2. The van der Waals surface area contributed by atoms with Crippen molar-refractivity contribution in [1.82, 2.24) is 4.57 Å². The van der Waals surface area contributed by atoms with E-state index in [1.807, 2.05) is 6.92 Å². The van der Waals surface area contributed by atoms with Gasteiger partial charge in [-0.15, -0.1) is 0 Å². The number of carbonyl (C=O) groups excluding carboxylic acids is 2. The van der Waals surface area contributed by atoms with Gasteiger partial charge in [0.2, 0.25) is 0 Å². The first-order chi connectivity index (χ1) is 12.8. The number of benzene rings is 1. The number of hydrogen-bond acceptors (Lipinski definition) is 7. The van der Waals surface area contributed by atoms with Gasteiger partial charge in [-0.1, -0.05) is 13.3 Å². The van der Waals surface area contributed by atoms with Gasteiger partial charge in [0.05, 0.1) is 22.6 Å². The van der Waals surface area contributed by atoms with Crippen LogP contribution < -0.4 is 21.1 Å². The molecule has 0 unspecified atom stereocenters. The molecule has 2 aromatic heterocycles. The summed E-state index contributed by atoms with van der Waals surface area (Å²) < 4.78 is 6.79. The second-order valence-corrected chi connectivity index (χ2v) is 6.07. The Morgan fingerprint density at radius 2 is 1.42 bits per heavy atom. The number of fused-ring (bicyclic) bond motifs is 2. The van der Waals surface area contributed by atoms with Crippen molar-refractivity contribution in [2.75, 3.05) is 0 Å². The molecule has 3 aromatic rings. The summed E-state index contributed by atoms with van der Waals surface area (Å²) in [5.74, 6) is -3.79. The van der Waals surface area contributed by atoms with Crippen molar-refractivity contribution < 1.29 is 71.1 Å². The number of aromatic carboxylic acids is 2. The molecule has 1 aromatic carbocycles. The van der Waals surface area contributed by atoms with Crippen molar-refractivity contribution in [2.24, 2.45) is 0 Å². The van der Waals surface area contributed by atoms with E-state index in [2.05, 4.69) is 0 Å². The van der Waals surface area contributed by atoms with Crippen LogP contribution in [0.3, 0.4) is 0 Å². The van der Waals surface area contributed by atoms with Gasteiger partial charge in [-0.05, 0) is 19.4 Å². The summed E-state index contributed by atoms with van der Waals surface area (Å²) in [6.45, 7) is 3.76. The Hall–Kier alpha value is -3.00. The second kappa shape index (κ2) is 14.2. The smallest absolute Gasteiger partial charge is 0.543 e. The molecule has 0 aliphatic carbocycles. The van der Waals surface area contributed by atoms with Crippen LogP contribution in [0.1, 0.15) is 46.9 Å². The molecule has 0 radical (unpaired) electrons. The molecule has 0 aliphatic rings. The zero-order valence-corrected chi connectivity index (χ0v) is 20.8. The zero-order valence-electron chi connectivity index (χ0n) is 17.9. The number of carboxylic acid groups (broad SMARTS) is 2. The molecule has 0 aliphatic heterocycles. The molecule has 14 heteroatoms. The molecule has 0 saturated carbocycles. The summed E-state index contributed by atoms with van der Waals surface area (Å²) in [7, 11) is 0. The summed E-state index contributed by atoms with van der Waals surface area (Å²) in [4.78, 5) is 47.5. The van der Waals surface area contributed by atoms with Gasteiger partial charge in [-0.2, -0.15) is 0 Å². The Bertz CT molecular complexity index is 1230.